The van der Waals surface area contributed by atoms with Gasteiger partial charge in [-0.05, 0) is 6.07 Å². The van der Waals surface area contributed by atoms with E-state index in [1.807, 2.05) is 6.92 Å². The summed E-state index contributed by atoms with van der Waals surface area (Å²) in [6.07, 6.45) is 0.596. The molecule has 2 rings (SSSR count). The second-order valence-electron chi connectivity index (χ2n) is 3.37. The molecule has 2 aromatic rings. The molecule has 1 aromatic heterocycles. The highest BCUT2D eigenvalue weighted by molar-refractivity contribution is 5.79. The minimum absolute atomic E-state index is 0.0454. The number of methoxy groups -OCH3 is 1. The molecule has 1 heterocycles. The molecule has 0 saturated carbocycles. The average molecular weight is 222 g/mol. The Hall–Kier alpha value is -1.91. The van der Waals surface area contributed by atoms with E-state index in [-0.39, 0.29) is 11.3 Å². The molecule has 0 aliphatic carbocycles. The van der Waals surface area contributed by atoms with Crippen LogP contribution in [-0.2, 0) is 6.42 Å². The molecular weight excluding hydrogens is 211 g/mol. The number of halogens is 1. The van der Waals surface area contributed by atoms with Crippen molar-refractivity contribution >= 4 is 10.9 Å². The van der Waals surface area contributed by atoms with E-state index in [1.165, 1.54) is 19.2 Å². The van der Waals surface area contributed by atoms with Gasteiger partial charge < -0.3 is 9.72 Å². The van der Waals surface area contributed by atoms with E-state index < -0.39 is 5.82 Å². The maximum absolute atomic E-state index is 13.4. The van der Waals surface area contributed by atoms with Crippen molar-refractivity contribution in [1.29, 1.82) is 0 Å². The number of rotatable bonds is 2. The molecule has 4 nitrogen and oxygen atoms in total. The molecule has 84 valence electrons. The molecule has 1 N–H and O–H groups in total. The summed E-state index contributed by atoms with van der Waals surface area (Å²) in [4.78, 5) is 18.4. The molecule has 0 bridgehead atoms. The van der Waals surface area contributed by atoms with Crippen LogP contribution in [0.1, 0.15) is 12.7 Å². The number of ether oxygens (including phenoxy) is 1. The summed E-state index contributed by atoms with van der Waals surface area (Å²) >= 11 is 0. The maximum Gasteiger partial charge on any atom is 0.258 e. The summed E-state index contributed by atoms with van der Waals surface area (Å²) in [6, 6.07) is 2.57. The van der Waals surface area contributed by atoms with Gasteiger partial charge in [-0.1, -0.05) is 6.92 Å². The number of nitrogens with zero attached hydrogens (tertiary/aromatic N) is 1. The van der Waals surface area contributed by atoms with Crippen LogP contribution in [0, 0.1) is 5.82 Å². The Morgan fingerprint density at radius 1 is 1.50 bits per heavy atom. The van der Waals surface area contributed by atoms with Crippen LogP contribution in [-0.4, -0.2) is 17.1 Å². The van der Waals surface area contributed by atoms with Crippen LogP contribution >= 0.6 is 0 Å². The van der Waals surface area contributed by atoms with Gasteiger partial charge in [0.15, 0.2) is 11.6 Å². The molecule has 0 spiro atoms. The first kappa shape index (κ1) is 10.6. The molecule has 5 heteroatoms. The molecular formula is C11H11FN2O2. The van der Waals surface area contributed by atoms with Gasteiger partial charge in [-0.25, -0.2) is 9.37 Å². The van der Waals surface area contributed by atoms with E-state index in [2.05, 4.69) is 9.97 Å². The van der Waals surface area contributed by atoms with Crippen molar-refractivity contribution < 1.29 is 9.13 Å². The van der Waals surface area contributed by atoms with E-state index in [0.29, 0.717) is 23.1 Å². The second kappa shape index (κ2) is 3.92. The molecule has 16 heavy (non-hydrogen) atoms. The molecule has 0 radical (unpaired) electrons. The largest absolute Gasteiger partial charge is 0.494 e. The molecule has 0 saturated heterocycles. The Kier molecular flexibility index (Phi) is 2.60. The zero-order chi connectivity index (χ0) is 11.7. The first-order valence-electron chi connectivity index (χ1n) is 4.92. The third-order valence-electron chi connectivity index (χ3n) is 2.36. The van der Waals surface area contributed by atoms with E-state index in [0.717, 1.165) is 0 Å². The van der Waals surface area contributed by atoms with Crippen molar-refractivity contribution in [2.24, 2.45) is 0 Å². The Bertz CT molecular complexity index is 592. The Labute approximate surface area is 91.1 Å². The summed E-state index contributed by atoms with van der Waals surface area (Å²) < 4.78 is 18.2. The van der Waals surface area contributed by atoms with Crippen LogP contribution < -0.4 is 10.3 Å². The molecule has 1 aromatic carbocycles. The topological polar surface area (TPSA) is 55.0 Å². The van der Waals surface area contributed by atoms with Crippen LogP contribution in [0.25, 0.3) is 10.9 Å². The van der Waals surface area contributed by atoms with Gasteiger partial charge in [-0.3, -0.25) is 4.79 Å². The first-order valence-corrected chi connectivity index (χ1v) is 4.92. The van der Waals surface area contributed by atoms with Crippen molar-refractivity contribution in [2.45, 2.75) is 13.3 Å². The normalized spacial score (nSPS) is 10.7. The highest BCUT2D eigenvalue weighted by atomic mass is 19.1. The number of H-pyrrole nitrogens is 1. The van der Waals surface area contributed by atoms with Crippen LogP contribution in [0.3, 0.4) is 0 Å². The Balaban J connectivity index is 2.80. The van der Waals surface area contributed by atoms with E-state index in [4.69, 9.17) is 4.74 Å². The van der Waals surface area contributed by atoms with Gasteiger partial charge >= 0.3 is 0 Å². The molecule has 0 aliphatic rings. The number of aromatic nitrogens is 2. The lowest BCUT2D eigenvalue weighted by atomic mass is 10.2. The average Bonchev–Trinajstić information content (AvgIpc) is 2.28. The van der Waals surface area contributed by atoms with Gasteiger partial charge in [0.1, 0.15) is 5.82 Å². The van der Waals surface area contributed by atoms with Gasteiger partial charge in [0.05, 0.1) is 18.0 Å². The third-order valence-corrected chi connectivity index (χ3v) is 2.36. The number of nitrogens with one attached hydrogen (secondary N) is 1. The van der Waals surface area contributed by atoms with Crippen LogP contribution in [0.4, 0.5) is 4.39 Å². The zero-order valence-corrected chi connectivity index (χ0v) is 9.00. The second-order valence-corrected chi connectivity index (χ2v) is 3.37. The Morgan fingerprint density at radius 2 is 2.25 bits per heavy atom. The van der Waals surface area contributed by atoms with Gasteiger partial charge in [-0.2, -0.15) is 0 Å². The lowest BCUT2D eigenvalue weighted by molar-refractivity contribution is 0.387. The minimum Gasteiger partial charge on any atom is -0.494 e. The smallest absolute Gasteiger partial charge is 0.258 e. The SMILES string of the molecule is CCc1nc2cc(F)c(OC)cc2c(=O)[nH]1. The monoisotopic (exact) mass is 222 g/mol. The van der Waals surface area contributed by atoms with Gasteiger partial charge in [0, 0.05) is 12.5 Å². The van der Waals surface area contributed by atoms with Gasteiger partial charge in [0.2, 0.25) is 0 Å². The molecule has 0 fully saturated rings. The van der Waals surface area contributed by atoms with Gasteiger partial charge in [0.25, 0.3) is 5.56 Å². The fraction of sp³-hybridized carbons (Fsp3) is 0.273. The number of hydrogen-bond acceptors (Lipinski definition) is 3. The summed E-state index contributed by atoms with van der Waals surface area (Å²) in [7, 11) is 1.35. The van der Waals surface area contributed by atoms with Crippen molar-refractivity contribution in [3.8, 4) is 5.75 Å². The quantitative estimate of drug-likeness (QED) is 0.840. The van der Waals surface area contributed by atoms with Crippen molar-refractivity contribution in [3.63, 3.8) is 0 Å². The fourth-order valence-electron chi connectivity index (χ4n) is 1.51. The lowest BCUT2D eigenvalue weighted by Gasteiger charge is -2.04. The summed E-state index contributed by atoms with van der Waals surface area (Å²) in [5.41, 5.74) is 0.0686. The highest BCUT2D eigenvalue weighted by Gasteiger charge is 2.09. The van der Waals surface area contributed by atoms with E-state index in [1.54, 1.807) is 0 Å². The van der Waals surface area contributed by atoms with Crippen LogP contribution in [0.15, 0.2) is 16.9 Å². The molecule has 0 unspecified atom stereocenters. The highest BCUT2D eigenvalue weighted by Crippen LogP contribution is 2.21. The van der Waals surface area contributed by atoms with Crippen LogP contribution in [0.2, 0.25) is 0 Å². The van der Waals surface area contributed by atoms with Crippen molar-refractivity contribution in [2.75, 3.05) is 7.11 Å². The number of aromatic amines is 1. The molecule has 0 aliphatic heterocycles. The standard InChI is InChI=1S/C11H11FN2O2/c1-3-10-13-8-5-7(12)9(16-2)4-6(8)11(15)14-10/h4-5H,3H2,1-2H3,(H,13,14,15). The minimum atomic E-state index is -0.518. The maximum atomic E-state index is 13.4. The fourth-order valence-corrected chi connectivity index (χ4v) is 1.51. The Morgan fingerprint density at radius 3 is 2.88 bits per heavy atom. The number of fused-ring (bicyclic) bond motifs is 1. The van der Waals surface area contributed by atoms with Crippen molar-refractivity contribution in [3.05, 3.63) is 34.1 Å². The van der Waals surface area contributed by atoms with Crippen molar-refractivity contribution in [1.82, 2.24) is 9.97 Å². The summed E-state index contributed by atoms with van der Waals surface area (Å²) in [5.74, 6) is 0.0706. The predicted molar refractivity (Wildman–Crippen MR) is 58.3 cm³/mol. The number of benzene rings is 1. The van der Waals surface area contributed by atoms with E-state index in [9.17, 15) is 9.18 Å². The lowest BCUT2D eigenvalue weighted by Crippen LogP contribution is -2.11. The summed E-state index contributed by atoms with van der Waals surface area (Å²) in [6.45, 7) is 1.87. The zero-order valence-electron chi connectivity index (χ0n) is 9.00. The molecule has 0 amide bonds. The molecule has 0 atom stereocenters. The first-order chi connectivity index (χ1) is 7.65. The van der Waals surface area contributed by atoms with Crippen LogP contribution in [0.5, 0.6) is 5.75 Å². The van der Waals surface area contributed by atoms with E-state index >= 15 is 0 Å². The number of aryl methyl sites for hydroxylation is 1. The predicted octanol–water partition coefficient (Wildman–Crippen LogP) is 1.63. The van der Waals surface area contributed by atoms with Gasteiger partial charge in [-0.15, -0.1) is 0 Å². The summed E-state index contributed by atoms with van der Waals surface area (Å²) in [5, 5.41) is 0.329. The third kappa shape index (κ3) is 1.64. The number of hydrogen-bond donors (Lipinski definition) is 1.